The third kappa shape index (κ3) is 6.33. The Bertz CT molecular complexity index is 590. The molecule has 26 heavy (non-hydrogen) atoms. The minimum Gasteiger partial charge on any atom is -0.444 e. The summed E-state index contributed by atoms with van der Waals surface area (Å²) in [6.45, 7) is 8.51. The molecule has 2 rings (SSSR count). The minimum atomic E-state index is -0.477. The second kappa shape index (κ2) is 9.03. The van der Waals surface area contributed by atoms with E-state index in [0.29, 0.717) is 19.5 Å². The van der Waals surface area contributed by atoms with E-state index in [1.54, 1.807) is 4.90 Å². The van der Waals surface area contributed by atoms with E-state index < -0.39 is 5.60 Å². The molecule has 1 atom stereocenters. The molecular weight excluding hydrogens is 330 g/mol. The van der Waals surface area contributed by atoms with Crippen LogP contribution in [0.25, 0.3) is 0 Å². The maximum atomic E-state index is 12.2. The van der Waals surface area contributed by atoms with Gasteiger partial charge in [-0.2, -0.15) is 0 Å². The molecule has 0 aliphatic carbocycles. The zero-order valence-electron chi connectivity index (χ0n) is 16.1. The third-order valence-electron chi connectivity index (χ3n) is 4.49. The molecule has 1 aromatic carbocycles. The first-order valence-corrected chi connectivity index (χ1v) is 9.31. The minimum absolute atomic E-state index is 0.233. The standard InChI is InChI=1S/C20H31N3O3/c1-20(2,3)26-19(25)23-14-12-22(13-15-23)17(10-7-11-18(21)24)16-8-5-4-6-9-16/h4-6,8-9,17H,7,10-15H2,1-3H3,(H2,21,24). The van der Waals surface area contributed by atoms with Crippen LogP contribution in [0, 0.1) is 0 Å². The summed E-state index contributed by atoms with van der Waals surface area (Å²) in [5, 5.41) is 0. The Hall–Kier alpha value is -2.08. The summed E-state index contributed by atoms with van der Waals surface area (Å²) >= 11 is 0. The highest BCUT2D eigenvalue weighted by molar-refractivity contribution is 5.73. The van der Waals surface area contributed by atoms with E-state index in [2.05, 4.69) is 17.0 Å². The van der Waals surface area contributed by atoms with Gasteiger partial charge < -0.3 is 15.4 Å². The van der Waals surface area contributed by atoms with Gasteiger partial charge in [-0.25, -0.2) is 4.79 Å². The van der Waals surface area contributed by atoms with E-state index in [9.17, 15) is 9.59 Å². The lowest BCUT2D eigenvalue weighted by Gasteiger charge is -2.40. The lowest BCUT2D eigenvalue weighted by Crippen LogP contribution is -2.50. The fourth-order valence-corrected chi connectivity index (χ4v) is 3.25. The van der Waals surface area contributed by atoms with E-state index in [1.165, 1.54) is 5.56 Å². The number of carbonyl (C=O) groups excluding carboxylic acids is 2. The first-order chi connectivity index (χ1) is 12.3. The summed E-state index contributed by atoms with van der Waals surface area (Å²) in [5.74, 6) is -0.258. The molecule has 0 radical (unpaired) electrons. The molecule has 1 heterocycles. The monoisotopic (exact) mass is 361 g/mol. The van der Waals surface area contributed by atoms with Gasteiger partial charge >= 0.3 is 6.09 Å². The molecule has 1 aliphatic rings. The molecule has 6 heteroatoms. The Morgan fingerprint density at radius 1 is 1.12 bits per heavy atom. The van der Waals surface area contributed by atoms with Crippen molar-refractivity contribution < 1.29 is 14.3 Å². The Labute approximate surface area is 156 Å². The summed E-state index contributed by atoms with van der Waals surface area (Å²) in [4.78, 5) is 27.5. The molecule has 0 bridgehead atoms. The van der Waals surface area contributed by atoms with E-state index in [1.807, 2.05) is 39.0 Å². The van der Waals surface area contributed by atoms with Crippen LogP contribution in [0.3, 0.4) is 0 Å². The first kappa shape index (κ1) is 20.2. The smallest absolute Gasteiger partial charge is 0.410 e. The lowest BCUT2D eigenvalue weighted by atomic mass is 9.98. The van der Waals surface area contributed by atoms with Crippen molar-refractivity contribution in [1.29, 1.82) is 0 Å². The number of hydrogen-bond acceptors (Lipinski definition) is 4. The van der Waals surface area contributed by atoms with Crippen LogP contribution < -0.4 is 5.73 Å². The van der Waals surface area contributed by atoms with E-state index in [0.717, 1.165) is 25.9 Å². The molecule has 0 saturated carbocycles. The van der Waals surface area contributed by atoms with Crippen molar-refractivity contribution in [1.82, 2.24) is 9.80 Å². The maximum absolute atomic E-state index is 12.2. The summed E-state index contributed by atoms with van der Waals surface area (Å²) < 4.78 is 5.47. The highest BCUT2D eigenvalue weighted by Gasteiger charge is 2.29. The van der Waals surface area contributed by atoms with Crippen molar-refractivity contribution in [2.24, 2.45) is 5.73 Å². The van der Waals surface area contributed by atoms with Crippen LogP contribution in [-0.4, -0.2) is 53.6 Å². The van der Waals surface area contributed by atoms with Crippen molar-refractivity contribution in [3.05, 3.63) is 35.9 Å². The average Bonchev–Trinajstić information content (AvgIpc) is 2.58. The summed E-state index contributed by atoms with van der Waals surface area (Å²) in [6, 6.07) is 10.5. The highest BCUT2D eigenvalue weighted by atomic mass is 16.6. The van der Waals surface area contributed by atoms with Crippen LogP contribution in [0.5, 0.6) is 0 Å². The van der Waals surface area contributed by atoms with Crippen LogP contribution in [0.2, 0.25) is 0 Å². The summed E-state index contributed by atoms with van der Waals surface area (Å²) in [5.41, 5.74) is 6.05. The molecule has 1 unspecified atom stereocenters. The van der Waals surface area contributed by atoms with Crippen LogP contribution in [0.15, 0.2) is 30.3 Å². The van der Waals surface area contributed by atoms with Gasteiger partial charge in [0.25, 0.3) is 0 Å². The summed E-state index contributed by atoms with van der Waals surface area (Å²) in [7, 11) is 0. The fraction of sp³-hybridized carbons (Fsp3) is 0.600. The number of amides is 2. The molecule has 0 spiro atoms. The normalized spacial score (nSPS) is 17.0. The number of nitrogens with zero attached hydrogens (tertiary/aromatic N) is 2. The molecule has 1 aliphatic heterocycles. The van der Waals surface area contributed by atoms with Gasteiger partial charge in [0.2, 0.25) is 5.91 Å². The Morgan fingerprint density at radius 2 is 1.73 bits per heavy atom. The van der Waals surface area contributed by atoms with Crippen LogP contribution in [-0.2, 0) is 9.53 Å². The topological polar surface area (TPSA) is 75.9 Å². The van der Waals surface area contributed by atoms with Gasteiger partial charge in [-0.1, -0.05) is 30.3 Å². The van der Waals surface area contributed by atoms with Crippen LogP contribution in [0.1, 0.15) is 51.6 Å². The molecule has 0 aromatic heterocycles. The Morgan fingerprint density at radius 3 is 2.27 bits per heavy atom. The Balaban J connectivity index is 1.97. The van der Waals surface area contributed by atoms with Crippen LogP contribution >= 0.6 is 0 Å². The average molecular weight is 361 g/mol. The number of rotatable bonds is 6. The number of piperazine rings is 1. The van der Waals surface area contributed by atoms with Crippen molar-refractivity contribution in [3.63, 3.8) is 0 Å². The second-order valence-electron chi connectivity index (χ2n) is 7.79. The highest BCUT2D eigenvalue weighted by Crippen LogP contribution is 2.27. The van der Waals surface area contributed by atoms with Gasteiger partial charge in [0.1, 0.15) is 5.60 Å². The third-order valence-corrected chi connectivity index (χ3v) is 4.49. The van der Waals surface area contributed by atoms with Gasteiger partial charge in [-0.05, 0) is 39.2 Å². The molecule has 1 saturated heterocycles. The van der Waals surface area contributed by atoms with Crippen molar-refractivity contribution >= 4 is 12.0 Å². The zero-order chi connectivity index (χ0) is 19.2. The molecule has 2 amide bonds. The van der Waals surface area contributed by atoms with Crippen LogP contribution in [0.4, 0.5) is 4.79 Å². The van der Waals surface area contributed by atoms with E-state index in [4.69, 9.17) is 10.5 Å². The molecule has 2 N–H and O–H groups in total. The molecule has 1 aromatic rings. The number of hydrogen-bond donors (Lipinski definition) is 1. The van der Waals surface area contributed by atoms with Gasteiger partial charge in [0.05, 0.1) is 0 Å². The predicted molar refractivity (Wildman–Crippen MR) is 102 cm³/mol. The van der Waals surface area contributed by atoms with Crippen molar-refractivity contribution in [3.8, 4) is 0 Å². The molecule has 1 fully saturated rings. The van der Waals surface area contributed by atoms with E-state index >= 15 is 0 Å². The molecular formula is C20H31N3O3. The molecule has 6 nitrogen and oxygen atoms in total. The zero-order valence-corrected chi connectivity index (χ0v) is 16.1. The maximum Gasteiger partial charge on any atom is 0.410 e. The molecule has 144 valence electrons. The largest absolute Gasteiger partial charge is 0.444 e. The number of ether oxygens (including phenoxy) is 1. The van der Waals surface area contributed by atoms with Gasteiger partial charge in [0.15, 0.2) is 0 Å². The van der Waals surface area contributed by atoms with Crippen molar-refractivity contribution in [2.45, 2.75) is 51.7 Å². The second-order valence-corrected chi connectivity index (χ2v) is 7.79. The Kier molecular flexibility index (Phi) is 7.03. The lowest BCUT2D eigenvalue weighted by molar-refractivity contribution is -0.118. The quantitative estimate of drug-likeness (QED) is 0.845. The number of carbonyl (C=O) groups is 2. The first-order valence-electron chi connectivity index (χ1n) is 9.31. The number of nitrogens with two attached hydrogens (primary N) is 1. The number of benzene rings is 1. The van der Waals surface area contributed by atoms with E-state index in [-0.39, 0.29) is 18.0 Å². The predicted octanol–water partition coefficient (Wildman–Crippen LogP) is 2.94. The van der Waals surface area contributed by atoms with Gasteiger partial charge in [-0.3, -0.25) is 9.69 Å². The fourth-order valence-electron chi connectivity index (χ4n) is 3.25. The van der Waals surface area contributed by atoms with Gasteiger partial charge in [0, 0.05) is 38.6 Å². The van der Waals surface area contributed by atoms with Crippen molar-refractivity contribution in [2.75, 3.05) is 26.2 Å². The summed E-state index contributed by atoms with van der Waals surface area (Å²) in [6.07, 6.45) is 1.80. The van der Waals surface area contributed by atoms with Gasteiger partial charge in [-0.15, -0.1) is 0 Å². The number of primary amides is 1. The SMILES string of the molecule is CC(C)(C)OC(=O)N1CCN(C(CCCC(N)=O)c2ccccc2)CC1.